The predicted octanol–water partition coefficient (Wildman–Crippen LogP) is 2.13. The van der Waals surface area contributed by atoms with Crippen LogP contribution in [-0.2, 0) is 0 Å². The molecule has 0 aliphatic rings. The zero-order chi connectivity index (χ0) is 10.4. The zero-order valence-corrected chi connectivity index (χ0v) is 7.83. The number of hydrogen-bond donors (Lipinski definition) is 0. The summed E-state index contributed by atoms with van der Waals surface area (Å²) in [5.74, 6) is 5.58. The van der Waals surface area contributed by atoms with Gasteiger partial charge in [-0.15, -0.1) is 0 Å². The highest BCUT2D eigenvalue weighted by Crippen LogP contribution is 2.08. The Morgan fingerprint density at radius 1 is 1.29 bits per heavy atom. The number of nitrogens with zero attached hydrogens (tertiary/aromatic N) is 2. The maximum absolute atomic E-state index is 8.69. The monoisotopic (exact) mass is 180 g/mol. The largest absolute Gasteiger partial charge is 0.197 e. The highest BCUT2D eigenvalue weighted by atomic mass is 14.2. The summed E-state index contributed by atoms with van der Waals surface area (Å²) < 4.78 is 0. The molecule has 0 amide bonds. The Balaban J connectivity index is 2.96. The van der Waals surface area contributed by atoms with Crippen LogP contribution < -0.4 is 0 Å². The molecule has 66 valence electrons. The van der Waals surface area contributed by atoms with E-state index in [2.05, 4.69) is 17.9 Å². The Hall–Kier alpha value is -2.24. The fourth-order valence-electron chi connectivity index (χ4n) is 1.05. The molecular formula is C12H8N2. The van der Waals surface area contributed by atoms with Crippen LogP contribution in [0.25, 0.3) is 0 Å². The van der Waals surface area contributed by atoms with Crippen molar-refractivity contribution in [1.29, 1.82) is 10.5 Å². The normalized spacial score (nSPS) is 7.93. The van der Waals surface area contributed by atoms with Crippen molar-refractivity contribution in [3.8, 4) is 24.0 Å². The minimum Gasteiger partial charge on any atom is -0.197 e. The predicted molar refractivity (Wildman–Crippen MR) is 53.0 cm³/mol. The van der Waals surface area contributed by atoms with E-state index in [4.69, 9.17) is 10.5 Å². The molecule has 2 nitrogen and oxygen atoms in total. The van der Waals surface area contributed by atoms with E-state index in [1.165, 1.54) is 0 Å². The molecule has 0 aromatic heterocycles. The molecule has 1 rings (SSSR count). The van der Waals surface area contributed by atoms with Crippen LogP contribution in [0.2, 0.25) is 0 Å². The molecule has 0 aliphatic heterocycles. The molecular weight excluding hydrogens is 172 g/mol. The molecule has 0 saturated heterocycles. The Bertz CT molecular complexity index is 476. The van der Waals surface area contributed by atoms with E-state index in [1.807, 2.05) is 19.1 Å². The second kappa shape index (κ2) is 4.70. The van der Waals surface area contributed by atoms with Gasteiger partial charge in [0, 0.05) is 5.56 Å². The van der Waals surface area contributed by atoms with E-state index in [-0.39, 0.29) is 6.42 Å². The van der Waals surface area contributed by atoms with Crippen LogP contribution in [0.1, 0.15) is 23.1 Å². The van der Waals surface area contributed by atoms with Crippen LogP contribution in [0.4, 0.5) is 0 Å². The molecule has 0 heterocycles. The minimum absolute atomic E-state index is 0.235. The van der Waals surface area contributed by atoms with Crippen molar-refractivity contribution < 1.29 is 0 Å². The summed E-state index contributed by atoms with van der Waals surface area (Å²) in [6.45, 7) is 1.87. The van der Waals surface area contributed by atoms with Crippen molar-refractivity contribution in [1.82, 2.24) is 0 Å². The molecule has 0 atom stereocenters. The summed E-state index contributed by atoms with van der Waals surface area (Å²) >= 11 is 0. The molecule has 0 fully saturated rings. The average molecular weight is 180 g/mol. The SMILES string of the molecule is Cc1cc(C#CCC#N)ccc1C#N. The summed E-state index contributed by atoms with van der Waals surface area (Å²) in [5.41, 5.74) is 2.42. The highest BCUT2D eigenvalue weighted by Gasteiger charge is 1.96. The second-order valence-corrected chi connectivity index (χ2v) is 2.78. The fourth-order valence-corrected chi connectivity index (χ4v) is 1.05. The van der Waals surface area contributed by atoms with E-state index >= 15 is 0 Å². The molecule has 0 saturated carbocycles. The summed E-state index contributed by atoms with van der Waals surface area (Å²) in [6.07, 6.45) is 0.235. The van der Waals surface area contributed by atoms with Crippen LogP contribution in [0.5, 0.6) is 0 Å². The third kappa shape index (κ3) is 2.37. The van der Waals surface area contributed by atoms with Gasteiger partial charge < -0.3 is 0 Å². The molecule has 0 aliphatic carbocycles. The van der Waals surface area contributed by atoms with Crippen LogP contribution in [0.15, 0.2) is 18.2 Å². The summed E-state index contributed by atoms with van der Waals surface area (Å²) in [6, 6.07) is 9.42. The first-order chi connectivity index (χ1) is 6.77. The Kier molecular flexibility index (Phi) is 3.31. The number of aryl methyl sites for hydroxylation is 1. The molecule has 1 aromatic rings. The van der Waals surface area contributed by atoms with E-state index in [9.17, 15) is 0 Å². The molecule has 2 heteroatoms. The van der Waals surface area contributed by atoms with Crippen molar-refractivity contribution in [2.24, 2.45) is 0 Å². The topological polar surface area (TPSA) is 47.6 Å². The molecule has 0 spiro atoms. The average Bonchev–Trinajstić information content (AvgIpc) is 2.18. The van der Waals surface area contributed by atoms with Gasteiger partial charge in [-0.1, -0.05) is 11.8 Å². The van der Waals surface area contributed by atoms with Crippen molar-refractivity contribution in [2.45, 2.75) is 13.3 Å². The van der Waals surface area contributed by atoms with Crippen molar-refractivity contribution >= 4 is 0 Å². The van der Waals surface area contributed by atoms with Gasteiger partial charge in [-0.3, -0.25) is 0 Å². The fraction of sp³-hybridized carbons (Fsp3) is 0.167. The highest BCUT2D eigenvalue weighted by molar-refractivity contribution is 5.45. The maximum atomic E-state index is 8.69. The zero-order valence-electron chi connectivity index (χ0n) is 7.83. The number of hydrogen-bond acceptors (Lipinski definition) is 2. The number of nitriles is 2. The van der Waals surface area contributed by atoms with Gasteiger partial charge in [-0.25, -0.2) is 0 Å². The maximum Gasteiger partial charge on any atom is 0.0994 e. The molecule has 1 aromatic carbocycles. The quantitative estimate of drug-likeness (QED) is 0.574. The Morgan fingerprint density at radius 2 is 2.07 bits per heavy atom. The number of rotatable bonds is 0. The third-order valence-electron chi connectivity index (χ3n) is 1.75. The van der Waals surface area contributed by atoms with Crippen LogP contribution in [0, 0.1) is 41.4 Å². The third-order valence-corrected chi connectivity index (χ3v) is 1.75. The van der Waals surface area contributed by atoms with E-state index < -0.39 is 0 Å². The lowest BCUT2D eigenvalue weighted by Crippen LogP contribution is -1.83. The first-order valence-electron chi connectivity index (χ1n) is 4.14. The lowest BCUT2D eigenvalue weighted by atomic mass is 10.1. The van der Waals surface area contributed by atoms with E-state index in [0.29, 0.717) is 5.56 Å². The number of benzene rings is 1. The summed E-state index contributed by atoms with van der Waals surface area (Å²) in [4.78, 5) is 0. The van der Waals surface area contributed by atoms with Gasteiger partial charge in [-0.05, 0) is 30.7 Å². The first kappa shape index (κ1) is 9.85. The van der Waals surface area contributed by atoms with Gasteiger partial charge >= 0.3 is 0 Å². The van der Waals surface area contributed by atoms with Crippen molar-refractivity contribution in [2.75, 3.05) is 0 Å². The Morgan fingerprint density at radius 3 is 2.64 bits per heavy atom. The van der Waals surface area contributed by atoms with Gasteiger partial charge in [0.15, 0.2) is 0 Å². The molecule has 0 bridgehead atoms. The molecule has 0 N–H and O–H groups in total. The molecule has 0 radical (unpaired) electrons. The molecule has 14 heavy (non-hydrogen) atoms. The Labute approximate surface area is 83.4 Å². The van der Waals surface area contributed by atoms with Crippen LogP contribution in [-0.4, -0.2) is 0 Å². The van der Waals surface area contributed by atoms with Gasteiger partial charge in [0.25, 0.3) is 0 Å². The standard InChI is InChI=1S/C12H8N2/c1-10-8-11(4-2-3-7-13)5-6-12(10)9-14/h5-6,8H,3H2,1H3. The van der Waals surface area contributed by atoms with Crippen molar-refractivity contribution in [3.63, 3.8) is 0 Å². The van der Waals surface area contributed by atoms with Crippen LogP contribution in [0.3, 0.4) is 0 Å². The van der Waals surface area contributed by atoms with E-state index in [1.54, 1.807) is 12.1 Å². The smallest absolute Gasteiger partial charge is 0.0994 e. The first-order valence-corrected chi connectivity index (χ1v) is 4.14. The van der Waals surface area contributed by atoms with Gasteiger partial charge in [-0.2, -0.15) is 10.5 Å². The summed E-state index contributed by atoms with van der Waals surface area (Å²) in [7, 11) is 0. The van der Waals surface area contributed by atoms with Gasteiger partial charge in [0.2, 0.25) is 0 Å². The van der Waals surface area contributed by atoms with Crippen LogP contribution >= 0.6 is 0 Å². The lowest BCUT2D eigenvalue weighted by molar-refractivity contribution is 1.38. The lowest BCUT2D eigenvalue weighted by Gasteiger charge is -1.96. The summed E-state index contributed by atoms with van der Waals surface area (Å²) in [5, 5.41) is 17.0. The molecule has 0 unspecified atom stereocenters. The van der Waals surface area contributed by atoms with Gasteiger partial charge in [0.1, 0.15) is 0 Å². The van der Waals surface area contributed by atoms with E-state index in [0.717, 1.165) is 11.1 Å². The second-order valence-electron chi connectivity index (χ2n) is 2.78. The minimum atomic E-state index is 0.235. The van der Waals surface area contributed by atoms with Crippen molar-refractivity contribution in [3.05, 3.63) is 34.9 Å². The van der Waals surface area contributed by atoms with Gasteiger partial charge in [0.05, 0.1) is 24.1 Å².